The number of likely N-dealkylation sites (N-methyl/N-ethyl adjacent to an activating group) is 1. The molecule has 1 N–H and O–H groups in total. The van der Waals surface area contributed by atoms with E-state index in [0.29, 0.717) is 5.75 Å². The van der Waals surface area contributed by atoms with Crippen LogP contribution in [-0.2, 0) is 6.54 Å². The van der Waals surface area contributed by atoms with Gasteiger partial charge in [-0.15, -0.1) is 0 Å². The van der Waals surface area contributed by atoms with Crippen molar-refractivity contribution in [3.05, 3.63) is 71.8 Å². The zero-order chi connectivity index (χ0) is 13.5. The summed E-state index contributed by atoms with van der Waals surface area (Å²) < 4.78 is 0. The van der Waals surface area contributed by atoms with E-state index in [1.54, 1.807) is 12.1 Å². The van der Waals surface area contributed by atoms with Crippen molar-refractivity contribution < 1.29 is 5.11 Å². The molecule has 0 fully saturated rings. The van der Waals surface area contributed by atoms with E-state index in [1.807, 2.05) is 30.3 Å². The van der Waals surface area contributed by atoms with Crippen molar-refractivity contribution in [2.75, 3.05) is 13.6 Å². The molecular formula is C17H19NO. The molecule has 2 aromatic carbocycles. The summed E-state index contributed by atoms with van der Waals surface area (Å²) in [7, 11) is 2.09. The molecule has 0 unspecified atom stereocenters. The van der Waals surface area contributed by atoms with E-state index in [1.165, 1.54) is 11.1 Å². The topological polar surface area (TPSA) is 23.5 Å². The molecule has 2 aromatic rings. The Hall–Kier alpha value is -2.06. The standard InChI is InChI=1S/C17H19NO/c1-18(14-16-9-11-17(19)12-10-16)13-5-8-15-6-3-2-4-7-15/h2-12,19H,13-14H2,1H3/b8-5+. The number of phenols is 1. The van der Waals surface area contributed by atoms with Gasteiger partial charge < -0.3 is 5.11 Å². The smallest absolute Gasteiger partial charge is 0.115 e. The largest absolute Gasteiger partial charge is 0.508 e. The van der Waals surface area contributed by atoms with Crippen molar-refractivity contribution >= 4 is 6.08 Å². The van der Waals surface area contributed by atoms with Gasteiger partial charge >= 0.3 is 0 Å². The second-order valence-corrected chi connectivity index (χ2v) is 4.68. The van der Waals surface area contributed by atoms with E-state index < -0.39 is 0 Å². The highest BCUT2D eigenvalue weighted by atomic mass is 16.3. The number of nitrogens with zero attached hydrogens (tertiary/aromatic N) is 1. The molecule has 2 nitrogen and oxygen atoms in total. The Morgan fingerprint density at radius 1 is 1.00 bits per heavy atom. The van der Waals surface area contributed by atoms with Crippen LogP contribution in [0.3, 0.4) is 0 Å². The maximum Gasteiger partial charge on any atom is 0.115 e. The molecule has 2 rings (SSSR count). The van der Waals surface area contributed by atoms with Gasteiger partial charge in [0.25, 0.3) is 0 Å². The third-order valence-electron chi connectivity index (χ3n) is 2.92. The van der Waals surface area contributed by atoms with Crippen molar-refractivity contribution in [3.8, 4) is 5.75 Å². The Bertz CT molecular complexity index is 517. The van der Waals surface area contributed by atoms with E-state index in [-0.39, 0.29) is 0 Å². The van der Waals surface area contributed by atoms with Crippen molar-refractivity contribution in [3.63, 3.8) is 0 Å². The summed E-state index contributed by atoms with van der Waals surface area (Å²) >= 11 is 0. The minimum Gasteiger partial charge on any atom is -0.508 e. The minimum atomic E-state index is 0.315. The number of phenolic OH excluding ortho intramolecular Hbond substituents is 1. The predicted molar refractivity (Wildman–Crippen MR) is 79.9 cm³/mol. The van der Waals surface area contributed by atoms with Gasteiger partial charge in [-0.3, -0.25) is 4.90 Å². The van der Waals surface area contributed by atoms with E-state index in [4.69, 9.17) is 0 Å². The van der Waals surface area contributed by atoms with Crippen LogP contribution in [0.25, 0.3) is 6.08 Å². The summed E-state index contributed by atoms with van der Waals surface area (Å²) in [5, 5.41) is 9.23. The SMILES string of the molecule is CN(C/C=C/c1ccccc1)Cc1ccc(O)cc1. The van der Waals surface area contributed by atoms with Crippen LogP contribution in [0.2, 0.25) is 0 Å². The highest BCUT2D eigenvalue weighted by Crippen LogP contribution is 2.11. The molecule has 19 heavy (non-hydrogen) atoms. The Morgan fingerprint density at radius 3 is 2.37 bits per heavy atom. The van der Waals surface area contributed by atoms with Crippen molar-refractivity contribution in [2.24, 2.45) is 0 Å². The predicted octanol–water partition coefficient (Wildman–Crippen LogP) is 3.54. The molecular weight excluding hydrogens is 234 g/mol. The molecule has 0 bridgehead atoms. The number of hydrogen-bond donors (Lipinski definition) is 1. The van der Waals surface area contributed by atoms with E-state index in [0.717, 1.165) is 13.1 Å². The Balaban J connectivity index is 1.83. The van der Waals surface area contributed by atoms with Crippen molar-refractivity contribution in [1.29, 1.82) is 0 Å². The average molecular weight is 253 g/mol. The van der Waals surface area contributed by atoms with Gasteiger partial charge in [-0.2, -0.15) is 0 Å². The van der Waals surface area contributed by atoms with Crippen LogP contribution >= 0.6 is 0 Å². The lowest BCUT2D eigenvalue weighted by Gasteiger charge is -2.14. The first kappa shape index (κ1) is 13.4. The first-order valence-electron chi connectivity index (χ1n) is 6.42. The van der Waals surface area contributed by atoms with Crippen LogP contribution in [0.15, 0.2) is 60.7 Å². The summed E-state index contributed by atoms with van der Waals surface area (Å²) in [4.78, 5) is 2.23. The summed E-state index contributed by atoms with van der Waals surface area (Å²) in [6, 6.07) is 17.6. The zero-order valence-corrected chi connectivity index (χ0v) is 11.2. The fourth-order valence-electron chi connectivity index (χ4n) is 1.91. The highest BCUT2D eigenvalue weighted by molar-refractivity contribution is 5.48. The molecule has 0 amide bonds. The lowest BCUT2D eigenvalue weighted by atomic mass is 10.2. The van der Waals surface area contributed by atoms with Crippen LogP contribution in [0.4, 0.5) is 0 Å². The minimum absolute atomic E-state index is 0.315. The molecule has 0 atom stereocenters. The van der Waals surface area contributed by atoms with Gasteiger partial charge in [0.05, 0.1) is 0 Å². The third kappa shape index (κ3) is 4.60. The molecule has 0 aliphatic rings. The summed E-state index contributed by atoms with van der Waals surface area (Å²) in [6.07, 6.45) is 4.29. The molecule has 0 saturated heterocycles. The van der Waals surface area contributed by atoms with Crippen LogP contribution in [0.1, 0.15) is 11.1 Å². The summed E-state index contributed by atoms with van der Waals surface area (Å²) in [5.41, 5.74) is 2.42. The number of aromatic hydroxyl groups is 1. The number of benzene rings is 2. The number of hydrogen-bond acceptors (Lipinski definition) is 2. The van der Waals surface area contributed by atoms with E-state index in [9.17, 15) is 5.11 Å². The van der Waals surface area contributed by atoms with Crippen LogP contribution in [-0.4, -0.2) is 23.6 Å². The molecule has 0 radical (unpaired) electrons. The van der Waals surface area contributed by atoms with Gasteiger partial charge in [0, 0.05) is 13.1 Å². The second kappa shape index (κ2) is 6.76. The molecule has 0 aliphatic carbocycles. The van der Waals surface area contributed by atoms with Gasteiger partial charge in [0.1, 0.15) is 5.75 Å². The lowest BCUT2D eigenvalue weighted by molar-refractivity contribution is 0.363. The van der Waals surface area contributed by atoms with Gasteiger partial charge in [-0.05, 0) is 30.3 Å². The van der Waals surface area contributed by atoms with Gasteiger partial charge in [-0.25, -0.2) is 0 Å². The normalized spacial score (nSPS) is 11.3. The number of rotatable bonds is 5. The fourth-order valence-corrected chi connectivity index (χ4v) is 1.91. The van der Waals surface area contributed by atoms with Crippen LogP contribution in [0, 0.1) is 0 Å². The summed E-state index contributed by atoms with van der Waals surface area (Å²) in [6.45, 7) is 1.77. The maximum atomic E-state index is 9.23. The maximum absolute atomic E-state index is 9.23. The molecule has 0 heterocycles. The molecule has 2 heteroatoms. The fraction of sp³-hybridized carbons (Fsp3) is 0.176. The first-order chi connectivity index (χ1) is 9.24. The van der Waals surface area contributed by atoms with Gasteiger partial charge in [0.15, 0.2) is 0 Å². The van der Waals surface area contributed by atoms with Crippen molar-refractivity contribution in [1.82, 2.24) is 4.90 Å². The third-order valence-corrected chi connectivity index (χ3v) is 2.92. The Kier molecular flexibility index (Phi) is 4.76. The molecule has 0 saturated carbocycles. The summed E-state index contributed by atoms with van der Waals surface area (Å²) in [5.74, 6) is 0.315. The van der Waals surface area contributed by atoms with Gasteiger partial charge in [0.2, 0.25) is 0 Å². The average Bonchev–Trinajstić information content (AvgIpc) is 2.43. The molecule has 0 spiro atoms. The quantitative estimate of drug-likeness (QED) is 0.881. The zero-order valence-electron chi connectivity index (χ0n) is 11.2. The molecule has 0 aliphatic heterocycles. The molecule has 0 aromatic heterocycles. The van der Waals surface area contributed by atoms with Crippen LogP contribution < -0.4 is 0 Å². The monoisotopic (exact) mass is 253 g/mol. The van der Waals surface area contributed by atoms with Crippen molar-refractivity contribution in [2.45, 2.75) is 6.54 Å². The first-order valence-corrected chi connectivity index (χ1v) is 6.42. The molecule has 98 valence electrons. The highest BCUT2D eigenvalue weighted by Gasteiger charge is 1.98. The van der Waals surface area contributed by atoms with Crippen LogP contribution in [0.5, 0.6) is 5.75 Å². The second-order valence-electron chi connectivity index (χ2n) is 4.68. The van der Waals surface area contributed by atoms with E-state index in [2.05, 4.69) is 36.2 Å². The van der Waals surface area contributed by atoms with E-state index >= 15 is 0 Å². The Labute approximate surface area is 114 Å². The Morgan fingerprint density at radius 2 is 1.68 bits per heavy atom. The van der Waals surface area contributed by atoms with Gasteiger partial charge in [-0.1, -0.05) is 54.6 Å². The lowest BCUT2D eigenvalue weighted by Crippen LogP contribution is -2.17.